The Labute approximate surface area is 81.6 Å². The number of halogens is 1. The first kappa shape index (κ1) is 13.0. The summed E-state index contributed by atoms with van der Waals surface area (Å²) >= 11 is 5.04. The van der Waals surface area contributed by atoms with Gasteiger partial charge in [-0.15, -0.1) is 11.6 Å². The average molecular weight is 184 g/mol. The van der Waals surface area contributed by atoms with Crippen molar-refractivity contribution in [3.8, 4) is 0 Å². The molecule has 0 amide bonds. The van der Waals surface area contributed by atoms with Crippen molar-refractivity contribution in [2.45, 2.75) is 0 Å². The smallest absolute Gasteiger partial charge is 1.00 e. The molecule has 0 radical (unpaired) electrons. The molecule has 0 unspecified atom stereocenters. The zero-order valence-electron chi connectivity index (χ0n) is 5.95. The summed E-state index contributed by atoms with van der Waals surface area (Å²) in [6.45, 7) is -0.119. The van der Waals surface area contributed by atoms with Crippen molar-refractivity contribution in [3.63, 3.8) is 0 Å². The number of phosphoric acid groups is 1. The Morgan fingerprint density at radius 3 is 2.22 bits per heavy atom. The van der Waals surface area contributed by atoms with Crippen LogP contribution < -0.4 is 29.6 Å². The summed E-state index contributed by atoms with van der Waals surface area (Å²) in [6, 6.07) is 0. The molecule has 0 saturated heterocycles. The molecule has 0 bridgehead atoms. The van der Waals surface area contributed by atoms with Gasteiger partial charge in [0.05, 0.1) is 6.61 Å². The summed E-state index contributed by atoms with van der Waals surface area (Å²) in [4.78, 5) is 16.0. The van der Waals surface area contributed by atoms with Gasteiger partial charge in [0.15, 0.2) is 0 Å². The number of hydrogen-bond donors (Lipinski definition) is 2. The van der Waals surface area contributed by atoms with Crippen LogP contribution in [-0.4, -0.2) is 22.3 Å². The van der Waals surface area contributed by atoms with Gasteiger partial charge < -0.3 is 11.2 Å². The zero-order chi connectivity index (χ0) is 6.62. The van der Waals surface area contributed by atoms with Crippen LogP contribution in [0.3, 0.4) is 0 Å². The predicted octanol–water partition coefficient (Wildman–Crippen LogP) is -2.55. The fourth-order valence-electron chi connectivity index (χ4n) is 0.153. The quantitative estimate of drug-likeness (QED) is 0.288. The Morgan fingerprint density at radius 1 is 1.67 bits per heavy atom. The van der Waals surface area contributed by atoms with Gasteiger partial charge in [-0.2, -0.15) is 0 Å². The van der Waals surface area contributed by atoms with Gasteiger partial charge in [0.25, 0.3) is 0 Å². The fourth-order valence-corrected chi connectivity index (χ4v) is 0.667. The van der Waals surface area contributed by atoms with Crippen LogP contribution in [0.1, 0.15) is 1.43 Å². The summed E-state index contributed by atoms with van der Waals surface area (Å²) in [5.74, 6) is 0.0884. The third-order valence-electron chi connectivity index (χ3n) is 0.337. The van der Waals surface area contributed by atoms with Crippen molar-refractivity contribution >= 4 is 19.4 Å². The zero-order valence-corrected chi connectivity index (χ0v) is 8.60. The van der Waals surface area contributed by atoms with E-state index in [9.17, 15) is 4.57 Å². The van der Waals surface area contributed by atoms with Crippen LogP contribution in [-0.2, 0) is 9.09 Å². The molecule has 52 valence electrons. The minimum atomic E-state index is -4.27. The van der Waals surface area contributed by atoms with Crippen molar-refractivity contribution in [3.05, 3.63) is 0 Å². The molecule has 0 aliphatic carbocycles. The minimum Gasteiger partial charge on any atom is -1.00 e. The molecule has 0 spiro atoms. The molecule has 4 nitrogen and oxygen atoms in total. The summed E-state index contributed by atoms with van der Waals surface area (Å²) in [5, 5.41) is 0. The van der Waals surface area contributed by atoms with Crippen molar-refractivity contribution in [1.29, 1.82) is 0 Å². The second kappa shape index (κ2) is 6.13. The molecule has 0 aromatic carbocycles. The maximum Gasteiger partial charge on any atom is 1.00 e. The van der Waals surface area contributed by atoms with E-state index in [0.29, 0.717) is 0 Å². The van der Waals surface area contributed by atoms with Crippen LogP contribution in [0.2, 0.25) is 0 Å². The first-order chi connectivity index (χ1) is 3.56. The van der Waals surface area contributed by atoms with E-state index >= 15 is 0 Å². The third-order valence-corrected chi connectivity index (χ3v) is 1.01. The van der Waals surface area contributed by atoms with Gasteiger partial charge in [-0.25, -0.2) is 4.57 Å². The van der Waals surface area contributed by atoms with Gasteiger partial charge in [-0.05, 0) is 0 Å². The Morgan fingerprint density at radius 2 is 2.11 bits per heavy atom. The van der Waals surface area contributed by atoms with E-state index in [4.69, 9.17) is 21.4 Å². The van der Waals surface area contributed by atoms with E-state index < -0.39 is 7.82 Å². The van der Waals surface area contributed by atoms with E-state index in [2.05, 4.69) is 4.52 Å². The van der Waals surface area contributed by atoms with E-state index in [0.717, 1.165) is 0 Å². The van der Waals surface area contributed by atoms with Crippen LogP contribution in [0.5, 0.6) is 0 Å². The first-order valence-electron chi connectivity index (χ1n) is 1.82. The molecule has 0 aromatic rings. The van der Waals surface area contributed by atoms with Gasteiger partial charge in [0, 0.05) is 5.88 Å². The molecule has 9 heavy (non-hydrogen) atoms. The molecule has 0 aliphatic heterocycles. The second-order valence-electron chi connectivity index (χ2n) is 1.01. The normalized spacial score (nSPS) is 10.6. The maximum absolute atomic E-state index is 9.80. The van der Waals surface area contributed by atoms with E-state index in [1.807, 2.05) is 0 Å². The van der Waals surface area contributed by atoms with E-state index in [1.54, 1.807) is 0 Å². The number of rotatable bonds is 3. The van der Waals surface area contributed by atoms with Crippen LogP contribution in [0.25, 0.3) is 0 Å². The van der Waals surface area contributed by atoms with Gasteiger partial charge in [0.1, 0.15) is 0 Å². The topological polar surface area (TPSA) is 66.8 Å². The largest absolute Gasteiger partial charge is 1.00 e. The summed E-state index contributed by atoms with van der Waals surface area (Å²) < 4.78 is 13.7. The molecule has 0 heterocycles. The minimum absolute atomic E-state index is 0. The fraction of sp³-hybridized carbons (Fsp3) is 1.00. The third kappa shape index (κ3) is 12.6. The molecule has 0 fully saturated rings. The summed E-state index contributed by atoms with van der Waals surface area (Å²) in [7, 11) is -4.27. The molecule has 0 saturated carbocycles. The first-order valence-corrected chi connectivity index (χ1v) is 3.89. The van der Waals surface area contributed by atoms with Gasteiger partial charge in [-0.1, -0.05) is 0 Å². The Balaban J connectivity index is -0.000000245. The Bertz CT molecular complexity index is 107. The maximum atomic E-state index is 9.80. The molecule has 2 N–H and O–H groups in total. The van der Waals surface area contributed by atoms with Crippen molar-refractivity contribution in [1.82, 2.24) is 0 Å². The number of phosphoric ester groups is 1. The predicted molar refractivity (Wildman–Crippen MR) is 29.8 cm³/mol. The van der Waals surface area contributed by atoms with E-state index in [-0.39, 0.29) is 43.5 Å². The van der Waals surface area contributed by atoms with Crippen LogP contribution in [0.15, 0.2) is 0 Å². The average Bonchev–Trinajstić information content (AvgIpc) is 1.59. The molecule has 0 atom stereocenters. The molecule has 7 heteroatoms. The van der Waals surface area contributed by atoms with Crippen molar-refractivity contribution in [2.24, 2.45) is 0 Å². The Kier molecular flexibility index (Phi) is 8.87. The molecular formula is C2H7ClNaO4P. The van der Waals surface area contributed by atoms with Crippen LogP contribution in [0, 0.1) is 0 Å². The van der Waals surface area contributed by atoms with E-state index in [1.165, 1.54) is 0 Å². The van der Waals surface area contributed by atoms with Gasteiger partial charge >= 0.3 is 37.4 Å². The summed E-state index contributed by atoms with van der Waals surface area (Å²) in [6.07, 6.45) is 0. The van der Waals surface area contributed by atoms with Gasteiger partial charge in [0.2, 0.25) is 0 Å². The molecule has 0 aliphatic rings. The van der Waals surface area contributed by atoms with Crippen LogP contribution >= 0.6 is 19.4 Å². The van der Waals surface area contributed by atoms with Crippen molar-refractivity contribution < 1.29 is 49.9 Å². The number of hydrogen-bond acceptors (Lipinski definition) is 2. The van der Waals surface area contributed by atoms with Gasteiger partial charge in [-0.3, -0.25) is 4.52 Å². The van der Waals surface area contributed by atoms with Crippen LogP contribution in [0.4, 0.5) is 0 Å². The Hall–Kier alpha value is 1.40. The molecule has 0 rings (SSSR count). The SMILES string of the molecule is O=P(O)(O)OCCCl.[H-].[Na+]. The second-order valence-corrected chi connectivity index (χ2v) is 2.63. The standard InChI is InChI=1S/C2H6ClO4P.Na.H/c3-1-2-7-8(4,5)6;;/h1-2H2,(H2,4,5,6);;/q;+1;-1. The summed E-state index contributed by atoms with van der Waals surface area (Å²) in [5.41, 5.74) is 0. The molecular weight excluding hydrogens is 177 g/mol. The molecule has 0 aromatic heterocycles. The number of alkyl halides is 1. The van der Waals surface area contributed by atoms with Crippen molar-refractivity contribution in [2.75, 3.05) is 12.5 Å². The monoisotopic (exact) mass is 184 g/mol.